The van der Waals surface area contributed by atoms with Crippen molar-refractivity contribution in [1.29, 1.82) is 0 Å². The maximum Gasteiger partial charge on any atom is 0.256 e. The van der Waals surface area contributed by atoms with Crippen molar-refractivity contribution in [2.75, 3.05) is 5.32 Å². The minimum Gasteiger partial charge on any atom is -0.411 e. The summed E-state index contributed by atoms with van der Waals surface area (Å²) >= 11 is 6.70. The Morgan fingerprint density at radius 3 is 2.43 bits per heavy atom. The predicted octanol–water partition coefficient (Wildman–Crippen LogP) is 4.66. The molecule has 0 aliphatic rings. The zero-order chi connectivity index (χ0) is 15.4. The first-order chi connectivity index (χ1) is 10.0. The topological polar surface area (TPSA) is 61.7 Å². The van der Waals surface area contributed by atoms with Crippen molar-refractivity contribution in [2.45, 2.75) is 6.92 Å². The molecular weight excluding hydrogens is 400 g/mol. The van der Waals surface area contributed by atoms with Crippen molar-refractivity contribution >= 4 is 49.2 Å². The van der Waals surface area contributed by atoms with Gasteiger partial charge in [-0.05, 0) is 58.7 Å². The molecule has 0 fully saturated rings. The quantitative estimate of drug-likeness (QED) is 0.438. The van der Waals surface area contributed by atoms with Gasteiger partial charge in [-0.3, -0.25) is 4.79 Å². The fraction of sp³-hybridized carbons (Fsp3) is 0.0667. The number of hydrogen-bond donors (Lipinski definition) is 2. The van der Waals surface area contributed by atoms with E-state index in [0.29, 0.717) is 17.0 Å². The summed E-state index contributed by atoms with van der Waals surface area (Å²) in [5.41, 5.74) is 2.52. The highest BCUT2D eigenvalue weighted by Gasteiger charge is 2.11. The van der Waals surface area contributed by atoms with Gasteiger partial charge in [0.25, 0.3) is 5.91 Å². The van der Waals surface area contributed by atoms with E-state index in [1.807, 2.05) is 12.1 Å². The molecule has 0 aromatic heterocycles. The van der Waals surface area contributed by atoms with Crippen LogP contribution in [0.1, 0.15) is 22.8 Å². The molecule has 2 aromatic rings. The van der Waals surface area contributed by atoms with Gasteiger partial charge in [0.15, 0.2) is 0 Å². The van der Waals surface area contributed by atoms with E-state index < -0.39 is 0 Å². The summed E-state index contributed by atoms with van der Waals surface area (Å²) in [7, 11) is 0. The van der Waals surface area contributed by atoms with Crippen LogP contribution in [0.5, 0.6) is 0 Å². The average Bonchev–Trinajstić information content (AvgIpc) is 2.49. The molecule has 0 heterocycles. The molecule has 21 heavy (non-hydrogen) atoms. The number of benzene rings is 2. The Morgan fingerprint density at radius 2 is 1.81 bits per heavy atom. The monoisotopic (exact) mass is 410 g/mol. The number of hydrogen-bond acceptors (Lipinski definition) is 3. The van der Waals surface area contributed by atoms with Crippen LogP contribution in [-0.4, -0.2) is 16.8 Å². The molecule has 0 saturated carbocycles. The molecule has 2 N–H and O–H groups in total. The van der Waals surface area contributed by atoms with Crippen molar-refractivity contribution in [3.63, 3.8) is 0 Å². The first-order valence-electron chi connectivity index (χ1n) is 6.07. The summed E-state index contributed by atoms with van der Waals surface area (Å²) in [4.78, 5) is 12.2. The second-order valence-electron chi connectivity index (χ2n) is 4.34. The summed E-state index contributed by atoms with van der Waals surface area (Å²) in [5.74, 6) is -0.205. The molecule has 0 aliphatic heterocycles. The van der Waals surface area contributed by atoms with Gasteiger partial charge in [-0.25, -0.2) is 0 Å². The van der Waals surface area contributed by atoms with Gasteiger partial charge in [0, 0.05) is 14.6 Å². The number of carbonyl (C=O) groups is 1. The Kier molecular flexibility index (Phi) is 5.14. The molecule has 2 rings (SSSR count). The largest absolute Gasteiger partial charge is 0.411 e. The predicted molar refractivity (Wildman–Crippen MR) is 90.2 cm³/mol. The number of oxime groups is 1. The van der Waals surface area contributed by atoms with Gasteiger partial charge in [-0.2, -0.15) is 0 Å². The number of anilines is 1. The molecule has 108 valence electrons. The molecule has 0 radical (unpaired) electrons. The highest BCUT2D eigenvalue weighted by molar-refractivity contribution is 9.11. The van der Waals surface area contributed by atoms with Crippen molar-refractivity contribution in [2.24, 2.45) is 5.16 Å². The highest BCUT2D eigenvalue weighted by Crippen LogP contribution is 2.22. The number of nitrogens with zero attached hydrogens (tertiary/aromatic N) is 1. The van der Waals surface area contributed by atoms with Gasteiger partial charge in [0.2, 0.25) is 0 Å². The first kappa shape index (κ1) is 15.7. The summed E-state index contributed by atoms with van der Waals surface area (Å²) in [5, 5.41) is 14.7. The number of rotatable bonds is 3. The van der Waals surface area contributed by atoms with E-state index in [0.717, 1.165) is 14.5 Å². The zero-order valence-electron chi connectivity index (χ0n) is 11.1. The smallest absolute Gasteiger partial charge is 0.256 e. The summed E-state index contributed by atoms with van der Waals surface area (Å²) < 4.78 is 1.56. The van der Waals surface area contributed by atoms with Crippen LogP contribution in [0, 0.1) is 0 Å². The number of carbonyl (C=O) groups excluding carboxylic acids is 1. The second kappa shape index (κ2) is 6.87. The lowest BCUT2D eigenvalue weighted by Gasteiger charge is -2.08. The Labute approximate surface area is 139 Å². The molecule has 0 saturated heterocycles. The minimum absolute atomic E-state index is 0.205. The van der Waals surface area contributed by atoms with Crippen LogP contribution in [0.2, 0.25) is 0 Å². The summed E-state index contributed by atoms with van der Waals surface area (Å²) in [6.07, 6.45) is 0. The number of nitrogens with one attached hydrogen (secondary N) is 1. The molecule has 0 bridgehead atoms. The Balaban J connectivity index is 2.18. The van der Waals surface area contributed by atoms with Crippen LogP contribution in [0.3, 0.4) is 0 Å². The zero-order valence-corrected chi connectivity index (χ0v) is 14.3. The van der Waals surface area contributed by atoms with Crippen molar-refractivity contribution in [3.8, 4) is 0 Å². The lowest BCUT2D eigenvalue weighted by atomic mass is 10.1. The summed E-state index contributed by atoms with van der Waals surface area (Å²) in [6.45, 7) is 1.70. The summed E-state index contributed by atoms with van der Waals surface area (Å²) in [6, 6.07) is 12.5. The average molecular weight is 412 g/mol. The van der Waals surface area contributed by atoms with E-state index in [1.165, 1.54) is 0 Å². The van der Waals surface area contributed by atoms with Crippen LogP contribution in [-0.2, 0) is 0 Å². The Bertz CT molecular complexity index is 697. The third-order valence-corrected chi connectivity index (χ3v) is 4.07. The Morgan fingerprint density at radius 1 is 1.14 bits per heavy atom. The van der Waals surface area contributed by atoms with Gasteiger partial charge >= 0.3 is 0 Å². The molecule has 0 spiro atoms. The molecule has 6 heteroatoms. The fourth-order valence-electron chi connectivity index (χ4n) is 1.72. The minimum atomic E-state index is -0.205. The Hall–Kier alpha value is -1.66. The van der Waals surface area contributed by atoms with Crippen molar-refractivity contribution in [1.82, 2.24) is 0 Å². The van der Waals surface area contributed by atoms with E-state index in [2.05, 4.69) is 42.3 Å². The van der Waals surface area contributed by atoms with E-state index in [1.54, 1.807) is 37.3 Å². The van der Waals surface area contributed by atoms with Gasteiger partial charge in [0.05, 0.1) is 11.3 Å². The van der Waals surface area contributed by atoms with Crippen LogP contribution in [0.15, 0.2) is 56.6 Å². The van der Waals surface area contributed by atoms with Crippen molar-refractivity contribution in [3.05, 3.63) is 62.5 Å². The molecule has 0 atom stereocenters. The number of halogens is 2. The third kappa shape index (κ3) is 3.92. The van der Waals surface area contributed by atoms with Gasteiger partial charge in [0.1, 0.15) is 0 Å². The molecule has 1 amide bonds. The highest BCUT2D eigenvalue weighted by atomic mass is 79.9. The maximum atomic E-state index is 12.2. The van der Waals surface area contributed by atoms with Gasteiger partial charge < -0.3 is 10.5 Å². The number of amides is 1. The van der Waals surface area contributed by atoms with Crippen LogP contribution < -0.4 is 5.32 Å². The standard InChI is InChI=1S/C15H12Br2N2O2/c1-9(19-21)10-2-5-12(6-3-10)18-15(20)13-8-11(16)4-7-14(13)17/h2-8,21H,1H3,(H,18,20)/b19-9-. The molecule has 0 unspecified atom stereocenters. The molecule has 0 aliphatic carbocycles. The van der Waals surface area contributed by atoms with Gasteiger partial charge in [-0.1, -0.05) is 33.2 Å². The fourth-order valence-corrected chi connectivity index (χ4v) is 2.51. The van der Waals surface area contributed by atoms with E-state index in [-0.39, 0.29) is 5.91 Å². The molecule has 4 nitrogen and oxygen atoms in total. The van der Waals surface area contributed by atoms with Crippen molar-refractivity contribution < 1.29 is 10.0 Å². The maximum absolute atomic E-state index is 12.2. The lowest BCUT2D eigenvalue weighted by molar-refractivity contribution is 0.102. The molecule has 2 aromatic carbocycles. The van der Waals surface area contributed by atoms with Crippen LogP contribution >= 0.6 is 31.9 Å². The second-order valence-corrected chi connectivity index (χ2v) is 6.11. The van der Waals surface area contributed by atoms with Gasteiger partial charge in [-0.15, -0.1) is 0 Å². The normalized spacial score (nSPS) is 11.3. The molecular formula is C15H12Br2N2O2. The van der Waals surface area contributed by atoms with E-state index in [4.69, 9.17) is 5.21 Å². The SMILES string of the molecule is C/C(=N/O)c1ccc(NC(=O)c2cc(Br)ccc2Br)cc1. The van der Waals surface area contributed by atoms with E-state index >= 15 is 0 Å². The van der Waals surface area contributed by atoms with E-state index in [9.17, 15) is 4.79 Å². The third-order valence-electron chi connectivity index (χ3n) is 2.88. The van der Waals surface area contributed by atoms with Crippen LogP contribution in [0.25, 0.3) is 0 Å². The first-order valence-corrected chi connectivity index (χ1v) is 7.65. The lowest BCUT2D eigenvalue weighted by Crippen LogP contribution is -2.12. The van der Waals surface area contributed by atoms with Crippen LogP contribution in [0.4, 0.5) is 5.69 Å².